The van der Waals surface area contributed by atoms with Gasteiger partial charge in [0.15, 0.2) is 0 Å². The van der Waals surface area contributed by atoms with E-state index in [1.165, 1.54) is 0 Å². The van der Waals surface area contributed by atoms with Crippen molar-refractivity contribution in [3.63, 3.8) is 0 Å². The lowest BCUT2D eigenvalue weighted by atomic mass is 10.0. The van der Waals surface area contributed by atoms with Crippen molar-refractivity contribution in [2.75, 3.05) is 19.7 Å². The molecule has 0 aliphatic heterocycles. The summed E-state index contributed by atoms with van der Waals surface area (Å²) in [4.78, 5) is 13.9. The monoisotopic (exact) mass is 228 g/mol. The summed E-state index contributed by atoms with van der Waals surface area (Å²) in [5.41, 5.74) is -0.133. The molecule has 1 amide bonds. The molecule has 0 radical (unpaired) electrons. The highest BCUT2D eigenvalue weighted by atomic mass is 16.3. The van der Waals surface area contributed by atoms with Gasteiger partial charge in [-0.2, -0.15) is 0 Å². The van der Waals surface area contributed by atoms with Gasteiger partial charge in [-0.15, -0.1) is 0 Å². The third-order valence-electron chi connectivity index (χ3n) is 3.16. The van der Waals surface area contributed by atoms with Crippen molar-refractivity contribution in [1.82, 2.24) is 10.2 Å². The lowest BCUT2D eigenvalue weighted by Crippen LogP contribution is -2.48. The minimum atomic E-state index is -0.133. The molecule has 1 saturated carbocycles. The van der Waals surface area contributed by atoms with E-state index < -0.39 is 0 Å². The Balaban J connectivity index is 2.36. The van der Waals surface area contributed by atoms with Crippen molar-refractivity contribution in [2.24, 2.45) is 0 Å². The first-order valence-electron chi connectivity index (χ1n) is 6.14. The van der Waals surface area contributed by atoms with Crippen LogP contribution in [-0.2, 0) is 4.79 Å². The molecule has 4 nitrogen and oxygen atoms in total. The molecule has 0 saturated heterocycles. The lowest BCUT2D eigenvalue weighted by molar-refractivity contribution is -0.124. The number of rotatable bonds is 7. The third kappa shape index (κ3) is 4.49. The SMILES string of the molecule is CCC(C)(C)NC(=O)CN(CCO)C1CC1. The minimum absolute atomic E-state index is 0.0622. The Bertz CT molecular complexity index is 237. The van der Waals surface area contributed by atoms with Gasteiger partial charge in [-0.3, -0.25) is 9.69 Å². The van der Waals surface area contributed by atoms with E-state index in [1.807, 2.05) is 13.8 Å². The minimum Gasteiger partial charge on any atom is -0.395 e. The number of carbonyl (C=O) groups is 1. The molecule has 0 spiro atoms. The van der Waals surface area contributed by atoms with Gasteiger partial charge in [-0.05, 0) is 33.1 Å². The van der Waals surface area contributed by atoms with Gasteiger partial charge in [-0.1, -0.05) is 6.92 Å². The van der Waals surface area contributed by atoms with Crippen molar-refractivity contribution >= 4 is 5.91 Å². The van der Waals surface area contributed by atoms with Gasteiger partial charge in [0.1, 0.15) is 0 Å². The van der Waals surface area contributed by atoms with Crippen LogP contribution in [0.2, 0.25) is 0 Å². The maximum atomic E-state index is 11.8. The Labute approximate surface area is 98.0 Å². The van der Waals surface area contributed by atoms with E-state index in [9.17, 15) is 4.79 Å². The molecular formula is C12H24N2O2. The molecule has 0 aromatic carbocycles. The summed E-state index contributed by atoms with van der Waals surface area (Å²) in [6, 6.07) is 0.516. The zero-order valence-electron chi connectivity index (χ0n) is 10.6. The van der Waals surface area contributed by atoms with E-state index in [0.717, 1.165) is 19.3 Å². The molecule has 1 aliphatic rings. The fourth-order valence-electron chi connectivity index (χ4n) is 1.65. The highest BCUT2D eigenvalue weighted by Crippen LogP contribution is 2.26. The zero-order valence-corrected chi connectivity index (χ0v) is 10.6. The van der Waals surface area contributed by atoms with Gasteiger partial charge >= 0.3 is 0 Å². The standard InChI is InChI=1S/C12H24N2O2/c1-4-12(2,3)13-11(16)9-14(7-8-15)10-5-6-10/h10,15H,4-9H2,1-3H3,(H,13,16). The summed E-state index contributed by atoms with van der Waals surface area (Å²) in [6.07, 6.45) is 3.23. The maximum absolute atomic E-state index is 11.8. The van der Waals surface area contributed by atoms with Gasteiger partial charge in [0, 0.05) is 18.1 Å². The normalized spacial score (nSPS) is 16.6. The molecule has 0 atom stereocenters. The smallest absolute Gasteiger partial charge is 0.234 e. The molecule has 1 aliphatic carbocycles. The third-order valence-corrected chi connectivity index (χ3v) is 3.16. The van der Waals surface area contributed by atoms with Crippen LogP contribution < -0.4 is 5.32 Å². The van der Waals surface area contributed by atoms with E-state index >= 15 is 0 Å². The second-order valence-electron chi connectivity index (χ2n) is 5.21. The second-order valence-corrected chi connectivity index (χ2v) is 5.21. The van der Waals surface area contributed by atoms with Crippen LogP contribution >= 0.6 is 0 Å². The fourth-order valence-corrected chi connectivity index (χ4v) is 1.65. The van der Waals surface area contributed by atoms with Crippen LogP contribution in [0.3, 0.4) is 0 Å². The van der Waals surface area contributed by atoms with E-state index in [4.69, 9.17) is 5.11 Å². The average molecular weight is 228 g/mol. The van der Waals surface area contributed by atoms with Crippen LogP contribution in [0.4, 0.5) is 0 Å². The topological polar surface area (TPSA) is 52.6 Å². The molecule has 4 heteroatoms. The lowest BCUT2D eigenvalue weighted by Gasteiger charge is -2.27. The van der Waals surface area contributed by atoms with Crippen molar-refractivity contribution in [3.8, 4) is 0 Å². The molecule has 1 fully saturated rings. The number of hydrogen-bond donors (Lipinski definition) is 2. The quantitative estimate of drug-likeness (QED) is 0.676. The van der Waals surface area contributed by atoms with Gasteiger partial charge < -0.3 is 10.4 Å². The summed E-state index contributed by atoms with van der Waals surface area (Å²) in [5, 5.41) is 11.9. The summed E-state index contributed by atoms with van der Waals surface area (Å²) < 4.78 is 0. The average Bonchev–Trinajstić information content (AvgIpc) is 2.99. The maximum Gasteiger partial charge on any atom is 0.234 e. The van der Waals surface area contributed by atoms with Gasteiger partial charge in [0.2, 0.25) is 5.91 Å². The van der Waals surface area contributed by atoms with Crippen LogP contribution in [0.1, 0.15) is 40.0 Å². The highest BCUT2D eigenvalue weighted by molar-refractivity contribution is 5.78. The Kier molecular flexibility index (Phi) is 4.74. The first-order chi connectivity index (χ1) is 7.48. The van der Waals surface area contributed by atoms with E-state index in [1.54, 1.807) is 0 Å². The summed E-state index contributed by atoms with van der Waals surface area (Å²) in [7, 11) is 0. The number of amides is 1. The Hall–Kier alpha value is -0.610. The molecule has 0 heterocycles. The first kappa shape index (κ1) is 13.5. The molecule has 0 unspecified atom stereocenters. The van der Waals surface area contributed by atoms with Gasteiger partial charge in [0.25, 0.3) is 0 Å². The van der Waals surface area contributed by atoms with Crippen molar-refractivity contribution in [1.29, 1.82) is 0 Å². The number of carbonyl (C=O) groups excluding carboxylic acids is 1. The van der Waals surface area contributed by atoms with Crippen LogP contribution in [0.25, 0.3) is 0 Å². The first-order valence-corrected chi connectivity index (χ1v) is 6.14. The van der Waals surface area contributed by atoms with Crippen molar-refractivity contribution in [3.05, 3.63) is 0 Å². The van der Waals surface area contributed by atoms with E-state index in [0.29, 0.717) is 19.1 Å². The van der Waals surface area contributed by atoms with Crippen molar-refractivity contribution < 1.29 is 9.90 Å². The number of aliphatic hydroxyl groups is 1. The van der Waals surface area contributed by atoms with Crippen molar-refractivity contribution in [2.45, 2.75) is 51.6 Å². The number of aliphatic hydroxyl groups excluding tert-OH is 1. The Morgan fingerprint density at radius 1 is 1.50 bits per heavy atom. The predicted molar refractivity (Wildman–Crippen MR) is 64.2 cm³/mol. The van der Waals surface area contributed by atoms with E-state index in [-0.39, 0.29) is 18.1 Å². The molecule has 0 aromatic rings. The molecule has 94 valence electrons. The molecular weight excluding hydrogens is 204 g/mol. The molecule has 0 bridgehead atoms. The largest absolute Gasteiger partial charge is 0.395 e. The summed E-state index contributed by atoms with van der Waals surface area (Å²) >= 11 is 0. The number of nitrogens with zero attached hydrogens (tertiary/aromatic N) is 1. The van der Waals surface area contributed by atoms with Crippen LogP contribution in [-0.4, -0.2) is 47.2 Å². The fraction of sp³-hybridized carbons (Fsp3) is 0.917. The molecule has 1 rings (SSSR count). The number of nitrogens with one attached hydrogen (secondary N) is 1. The van der Waals surface area contributed by atoms with Crippen LogP contribution in [0, 0.1) is 0 Å². The molecule has 16 heavy (non-hydrogen) atoms. The highest BCUT2D eigenvalue weighted by Gasteiger charge is 2.30. The number of hydrogen-bond acceptors (Lipinski definition) is 3. The van der Waals surface area contributed by atoms with Gasteiger partial charge in [-0.25, -0.2) is 0 Å². The summed E-state index contributed by atoms with van der Waals surface area (Å²) in [5.74, 6) is 0.0622. The van der Waals surface area contributed by atoms with E-state index in [2.05, 4.69) is 17.1 Å². The Morgan fingerprint density at radius 2 is 2.12 bits per heavy atom. The summed E-state index contributed by atoms with van der Waals surface area (Å²) in [6.45, 7) is 7.25. The van der Waals surface area contributed by atoms with Crippen LogP contribution in [0.15, 0.2) is 0 Å². The zero-order chi connectivity index (χ0) is 12.2. The molecule has 0 aromatic heterocycles. The predicted octanol–water partition coefficient (Wildman–Crippen LogP) is 0.748. The molecule has 2 N–H and O–H groups in total. The second kappa shape index (κ2) is 5.64. The van der Waals surface area contributed by atoms with Gasteiger partial charge in [0.05, 0.1) is 13.2 Å². The van der Waals surface area contributed by atoms with Crippen LogP contribution in [0.5, 0.6) is 0 Å². The Morgan fingerprint density at radius 3 is 2.56 bits per heavy atom.